The molecular formula is C19H37NO. The summed E-state index contributed by atoms with van der Waals surface area (Å²) in [5.74, 6) is 0.298. The lowest BCUT2D eigenvalue weighted by atomic mass is 9.96. The summed E-state index contributed by atoms with van der Waals surface area (Å²) < 4.78 is 0. The third kappa shape index (κ3) is 10.8. The van der Waals surface area contributed by atoms with Crippen molar-refractivity contribution < 1.29 is 4.79 Å². The molecular weight excluding hydrogens is 258 g/mol. The van der Waals surface area contributed by atoms with Crippen molar-refractivity contribution in [2.75, 3.05) is 0 Å². The van der Waals surface area contributed by atoms with Gasteiger partial charge in [-0.1, -0.05) is 84.0 Å². The predicted molar refractivity (Wildman–Crippen MR) is 91.5 cm³/mol. The molecule has 0 radical (unpaired) electrons. The highest BCUT2D eigenvalue weighted by atomic mass is 16.1. The lowest BCUT2D eigenvalue weighted by Gasteiger charge is -2.21. The Hall–Kier alpha value is -0.530. The maximum absolute atomic E-state index is 12.0. The van der Waals surface area contributed by atoms with Crippen LogP contribution >= 0.6 is 0 Å². The first-order valence-corrected chi connectivity index (χ1v) is 9.62. The van der Waals surface area contributed by atoms with Crippen LogP contribution in [-0.4, -0.2) is 11.9 Å². The Morgan fingerprint density at radius 1 is 0.810 bits per heavy atom. The van der Waals surface area contributed by atoms with Crippen LogP contribution in [0.1, 0.15) is 110 Å². The van der Waals surface area contributed by atoms with Gasteiger partial charge in [-0.3, -0.25) is 4.79 Å². The average molecular weight is 296 g/mol. The van der Waals surface area contributed by atoms with Gasteiger partial charge >= 0.3 is 0 Å². The molecule has 0 aliphatic heterocycles. The van der Waals surface area contributed by atoms with E-state index in [9.17, 15) is 4.79 Å². The summed E-state index contributed by atoms with van der Waals surface area (Å²) in [5.41, 5.74) is 0. The van der Waals surface area contributed by atoms with E-state index in [4.69, 9.17) is 0 Å². The highest BCUT2D eigenvalue weighted by Gasteiger charge is 2.13. The summed E-state index contributed by atoms with van der Waals surface area (Å²) in [6.07, 6.45) is 20.2. The third-order valence-electron chi connectivity index (χ3n) is 4.73. The highest BCUT2D eigenvalue weighted by molar-refractivity contribution is 5.76. The van der Waals surface area contributed by atoms with Gasteiger partial charge < -0.3 is 5.32 Å². The largest absolute Gasteiger partial charge is 0.353 e. The molecule has 2 nitrogen and oxygen atoms in total. The van der Waals surface area contributed by atoms with E-state index in [1.54, 1.807) is 0 Å². The topological polar surface area (TPSA) is 29.1 Å². The van der Waals surface area contributed by atoms with Gasteiger partial charge in [0, 0.05) is 12.5 Å². The average Bonchev–Trinajstić information content (AvgIpc) is 2.44. The van der Waals surface area contributed by atoms with E-state index in [-0.39, 0.29) is 0 Å². The first-order chi connectivity index (χ1) is 10.3. The number of carbonyl (C=O) groups excluding carboxylic acids is 1. The summed E-state index contributed by atoms with van der Waals surface area (Å²) in [6, 6.07) is 0.465. The molecule has 0 aromatic carbocycles. The number of rotatable bonds is 10. The van der Waals surface area contributed by atoms with Gasteiger partial charge in [-0.2, -0.15) is 0 Å². The van der Waals surface area contributed by atoms with Crippen molar-refractivity contribution in [1.82, 2.24) is 5.32 Å². The lowest BCUT2D eigenvalue weighted by Crippen LogP contribution is -2.35. The molecule has 0 aromatic rings. The molecule has 1 aliphatic rings. The summed E-state index contributed by atoms with van der Waals surface area (Å²) >= 11 is 0. The number of unbranched alkanes of at least 4 members (excludes halogenated alkanes) is 7. The maximum atomic E-state index is 12.0. The zero-order valence-electron chi connectivity index (χ0n) is 14.3. The number of hydrogen-bond acceptors (Lipinski definition) is 1. The second-order valence-electron chi connectivity index (χ2n) is 6.83. The fraction of sp³-hybridized carbons (Fsp3) is 0.947. The van der Waals surface area contributed by atoms with E-state index < -0.39 is 0 Å². The second kappa shape index (κ2) is 13.2. The molecule has 1 rings (SSSR count). The lowest BCUT2D eigenvalue weighted by molar-refractivity contribution is -0.122. The van der Waals surface area contributed by atoms with Gasteiger partial charge in [0.1, 0.15) is 0 Å². The van der Waals surface area contributed by atoms with Crippen LogP contribution in [0.2, 0.25) is 0 Å². The zero-order valence-corrected chi connectivity index (χ0v) is 14.3. The Morgan fingerprint density at radius 3 is 1.95 bits per heavy atom. The Balaban J connectivity index is 1.95. The molecule has 1 saturated carbocycles. The minimum atomic E-state index is 0.298. The Morgan fingerprint density at radius 2 is 1.33 bits per heavy atom. The molecule has 1 amide bonds. The Labute approximate surface area is 132 Å². The van der Waals surface area contributed by atoms with Gasteiger partial charge in [0.15, 0.2) is 0 Å². The van der Waals surface area contributed by atoms with Crippen LogP contribution in [0.5, 0.6) is 0 Å². The Bertz CT molecular complexity index is 244. The molecule has 21 heavy (non-hydrogen) atoms. The monoisotopic (exact) mass is 295 g/mol. The molecule has 1 fully saturated rings. The van der Waals surface area contributed by atoms with Crippen molar-refractivity contribution in [3.63, 3.8) is 0 Å². The van der Waals surface area contributed by atoms with Crippen molar-refractivity contribution >= 4 is 5.91 Å². The van der Waals surface area contributed by atoms with Crippen LogP contribution in [-0.2, 0) is 4.79 Å². The van der Waals surface area contributed by atoms with E-state index >= 15 is 0 Å². The fourth-order valence-electron chi connectivity index (χ4n) is 3.32. The molecule has 0 saturated heterocycles. The molecule has 0 unspecified atom stereocenters. The molecule has 0 aromatic heterocycles. The van der Waals surface area contributed by atoms with Gasteiger partial charge in [0.25, 0.3) is 0 Å². The number of carbonyl (C=O) groups is 1. The number of hydrogen-bond donors (Lipinski definition) is 1. The molecule has 1 N–H and O–H groups in total. The SMILES string of the molecule is CCCCCCCCCCC(=O)NC1CCCCCCC1. The molecule has 0 heterocycles. The summed E-state index contributed by atoms with van der Waals surface area (Å²) in [7, 11) is 0. The molecule has 1 aliphatic carbocycles. The van der Waals surface area contributed by atoms with Crippen LogP contribution in [0.25, 0.3) is 0 Å². The minimum Gasteiger partial charge on any atom is -0.353 e. The van der Waals surface area contributed by atoms with Crippen LogP contribution in [0, 0.1) is 0 Å². The molecule has 2 heteroatoms. The minimum absolute atomic E-state index is 0.298. The van der Waals surface area contributed by atoms with E-state index in [0.717, 1.165) is 12.8 Å². The normalized spacial score (nSPS) is 17.2. The first-order valence-electron chi connectivity index (χ1n) is 9.62. The predicted octanol–water partition coefficient (Wildman–Crippen LogP) is 5.75. The third-order valence-corrected chi connectivity index (χ3v) is 4.73. The van der Waals surface area contributed by atoms with Crippen molar-refractivity contribution in [2.45, 2.75) is 116 Å². The van der Waals surface area contributed by atoms with Gasteiger partial charge in [0.2, 0.25) is 5.91 Å². The number of amides is 1. The standard InChI is InChI=1S/C19H37NO/c1-2-3-4-5-6-7-11-14-17-19(21)20-18-15-12-9-8-10-13-16-18/h18H,2-17H2,1H3,(H,20,21). The van der Waals surface area contributed by atoms with Crippen LogP contribution in [0.3, 0.4) is 0 Å². The highest BCUT2D eigenvalue weighted by Crippen LogP contribution is 2.17. The van der Waals surface area contributed by atoms with E-state index in [1.165, 1.54) is 89.9 Å². The van der Waals surface area contributed by atoms with Crippen molar-refractivity contribution in [3.8, 4) is 0 Å². The van der Waals surface area contributed by atoms with E-state index in [1.807, 2.05) is 0 Å². The summed E-state index contributed by atoms with van der Waals surface area (Å²) in [6.45, 7) is 2.26. The molecule has 0 bridgehead atoms. The van der Waals surface area contributed by atoms with E-state index in [0.29, 0.717) is 11.9 Å². The smallest absolute Gasteiger partial charge is 0.220 e. The van der Waals surface area contributed by atoms with E-state index in [2.05, 4.69) is 12.2 Å². The first kappa shape index (κ1) is 18.5. The molecule has 0 spiro atoms. The van der Waals surface area contributed by atoms with Crippen LogP contribution in [0.4, 0.5) is 0 Å². The summed E-state index contributed by atoms with van der Waals surface area (Å²) in [4.78, 5) is 12.0. The van der Waals surface area contributed by atoms with Crippen molar-refractivity contribution in [1.29, 1.82) is 0 Å². The van der Waals surface area contributed by atoms with Crippen molar-refractivity contribution in [2.24, 2.45) is 0 Å². The maximum Gasteiger partial charge on any atom is 0.220 e. The van der Waals surface area contributed by atoms with Gasteiger partial charge in [-0.05, 0) is 19.3 Å². The van der Waals surface area contributed by atoms with Gasteiger partial charge in [-0.25, -0.2) is 0 Å². The summed E-state index contributed by atoms with van der Waals surface area (Å²) in [5, 5.41) is 3.27. The van der Waals surface area contributed by atoms with Crippen LogP contribution in [0.15, 0.2) is 0 Å². The van der Waals surface area contributed by atoms with Crippen LogP contribution < -0.4 is 5.32 Å². The zero-order chi connectivity index (χ0) is 15.2. The number of nitrogens with one attached hydrogen (secondary N) is 1. The fourth-order valence-corrected chi connectivity index (χ4v) is 3.32. The Kier molecular flexibility index (Phi) is 11.6. The molecule has 0 atom stereocenters. The quantitative estimate of drug-likeness (QED) is 0.511. The van der Waals surface area contributed by atoms with Crippen molar-refractivity contribution in [3.05, 3.63) is 0 Å². The molecule has 124 valence electrons. The van der Waals surface area contributed by atoms with Gasteiger partial charge in [-0.15, -0.1) is 0 Å². The van der Waals surface area contributed by atoms with Gasteiger partial charge in [0.05, 0.1) is 0 Å². The second-order valence-corrected chi connectivity index (χ2v) is 6.83.